The van der Waals surface area contributed by atoms with Crippen LogP contribution in [0.1, 0.15) is 24.5 Å². The average Bonchev–Trinajstić information content (AvgIpc) is 3.13. The van der Waals surface area contributed by atoms with E-state index in [4.69, 9.17) is 9.47 Å². The van der Waals surface area contributed by atoms with Gasteiger partial charge in [0.1, 0.15) is 17.5 Å². The average molecular weight is 488 g/mol. The van der Waals surface area contributed by atoms with Crippen molar-refractivity contribution in [2.75, 3.05) is 24.4 Å². The number of benzene rings is 3. The summed E-state index contributed by atoms with van der Waals surface area (Å²) in [6, 6.07) is 20.1. The first kappa shape index (κ1) is 24.8. The molecule has 1 aliphatic rings. The molecule has 0 aliphatic carbocycles. The summed E-state index contributed by atoms with van der Waals surface area (Å²) >= 11 is 0. The van der Waals surface area contributed by atoms with Crippen LogP contribution < -0.4 is 19.7 Å². The minimum absolute atomic E-state index is 0.144. The highest BCUT2D eigenvalue weighted by atomic mass is 16.5. The van der Waals surface area contributed by atoms with Crippen molar-refractivity contribution in [1.29, 1.82) is 0 Å². The molecule has 0 unspecified atom stereocenters. The Morgan fingerprint density at radius 1 is 0.889 bits per heavy atom. The van der Waals surface area contributed by atoms with Crippen LogP contribution in [0.2, 0.25) is 0 Å². The van der Waals surface area contributed by atoms with Gasteiger partial charge < -0.3 is 19.7 Å². The molecular formula is C28H29N3O5. The number of methoxy groups -OCH3 is 2. The fourth-order valence-corrected chi connectivity index (χ4v) is 4.18. The maximum Gasteiger partial charge on any atom is 0.332 e. The minimum atomic E-state index is -0.968. The lowest BCUT2D eigenvalue weighted by Crippen LogP contribution is -2.37. The summed E-state index contributed by atoms with van der Waals surface area (Å²) in [4.78, 5) is 42.5. The summed E-state index contributed by atoms with van der Waals surface area (Å²) in [7, 11) is 3.08. The molecule has 3 aromatic carbocycles. The minimum Gasteiger partial charge on any atom is -0.497 e. The van der Waals surface area contributed by atoms with Crippen molar-refractivity contribution >= 4 is 29.2 Å². The lowest BCUT2D eigenvalue weighted by atomic mass is 10.1. The first-order chi connectivity index (χ1) is 17.4. The van der Waals surface area contributed by atoms with Crippen LogP contribution in [-0.4, -0.2) is 43.0 Å². The van der Waals surface area contributed by atoms with E-state index in [1.165, 1.54) is 12.0 Å². The van der Waals surface area contributed by atoms with E-state index in [-0.39, 0.29) is 18.9 Å². The summed E-state index contributed by atoms with van der Waals surface area (Å²) in [6.45, 7) is 2.20. The van der Waals surface area contributed by atoms with Crippen molar-refractivity contribution in [1.82, 2.24) is 4.90 Å². The monoisotopic (exact) mass is 487 g/mol. The predicted octanol–water partition coefficient (Wildman–Crippen LogP) is 4.63. The number of carbonyl (C=O) groups excluding carboxylic acids is 3. The van der Waals surface area contributed by atoms with E-state index in [2.05, 4.69) is 12.2 Å². The van der Waals surface area contributed by atoms with E-state index in [9.17, 15) is 14.4 Å². The molecule has 1 aliphatic heterocycles. The highest BCUT2D eigenvalue weighted by Gasteiger charge is 2.46. The molecule has 36 heavy (non-hydrogen) atoms. The van der Waals surface area contributed by atoms with Crippen molar-refractivity contribution in [3.63, 3.8) is 0 Å². The van der Waals surface area contributed by atoms with Gasteiger partial charge in [-0.25, -0.2) is 9.69 Å². The molecule has 0 spiro atoms. The van der Waals surface area contributed by atoms with Crippen LogP contribution in [-0.2, 0) is 22.6 Å². The van der Waals surface area contributed by atoms with Gasteiger partial charge in [-0.05, 0) is 53.9 Å². The van der Waals surface area contributed by atoms with Gasteiger partial charge >= 0.3 is 6.03 Å². The van der Waals surface area contributed by atoms with Crippen molar-refractivity contribution in [2.24, 2.45) is 0 Å². The molecule has 0 aromatic heterocycles. The lowest BCUT2D eigenvalue weighted by Gasteiger charge is -2.22. The van der Waals surface area contributed by atoms with Gasteiger partial charge in [-0.3, -0.25) is 9.59 Å². The highest BCUT2D eigenvalue weighted by molar-refractivity contribution is 6.22. The predicted molar refractivity (Wildman–Crippen MR) is 137 cm³/mol. The summed E-state index contributed by atoms with van der Waals surface area (Å²) in [6.07, 6.45) is 0.719. The van der Waals surface area contributed by atoms with Gasteiger partial charge in [0, 0.05) is 18.3 Å². The molecule has 4 amide bonds. The third-order valence-corrected chi connectivity index (χ3v) is 6.14. The molecule has 0 bridgehead atoms. The number of aryl methyl sites for hydroxylation is 1. The molecular weight excluding hydrogens is 458 g/mol. The van der Waals surface area contributed by atoms with Crippen LogP contribution in [0, 0.1) is 0 Å². The van der Waals surface area contributed by atoms with Crippen LogP contribution in [0.5, 0.6) is 11.5 Å². The molecule has 1 atom stereocenters. The second-order valence-electron chi connectivity index (χ2n) is 8.46. The SMILES string of the molecule is CCc1ccc(NC(=O)C[C@H]2C(=O)N(c3cccc(OC)c3)C(=O)N2Cc2cccc(OC)c2)cc1. The van der Waals surface area contributed by atoms with E-state index in [0.29, 0.717) is 22.9 Å². The Morgan fingerprint density at radius 3 is 2.22 bits per heavy atom. The summed E-state index contributed by atoms with van der Waals surface area (Å²) in [5, 5.41) is 2.84. The summed E-state index contributed by atoms with van der Waals surface area (Å²) < 4.78 is 10.6. The molecule has 1 N–H and O–H groups in total. The van der Waals surface area contributed by atoms with Gasteiger partial charge in [-0.15, -0.1) is 0 Å². The molecule has 1 saturated heterocycles. The van der Waals surface area contributed by atoms with Crippen LogP contribution >= 0.6 is 0 Å². The number of rotatable bonds is 9. The first-order valence-electron chi connectivity index (χ1n) is 11.7. The molecule has 1 fully saturated rings. The number of urea groups is 1. The molecule has 8 nitrogen and oxygen atoms in total. The van der Waals surface area contributed by atoms with E-state index >= 15 is 0 Å². The summed E-state index contributed by atoms with van der Waals surface area (Å²) in [5.74, 6) is 0.338. The van der Waals surface area contributed by atoms with Crippen LogP contribution in [0.4, 0.5) is 16.2 Å². The van der Waals surface area contributed by atoms with E-state index in [0.717, 1.165) is 22.4 Å². The van der Waals surface area contributed by atoms with Crippen LogP contribution in [0.3, 0.4) is 0 Å². The third-order valence-electron chi connectivity index (χ3n) is 6.14. The number of anilines is 2. The van der Waals surface area contributed by atoms with Crippen LogP contribution in [0.15, 0.2) is 72.8 Å². The Kier molecular flexibility index (Phi) is 7.53. The third kappa shape index (κ3) is 5.33. The van der Waals surface area contributed by atoms with Crippen LogP contribution in [0.25, 0.3) is 0 Å². The Hall–Kier alpha value is -4.33. The number of hydrogen-bond acceptors (Lipinski definition) is 5. The number of amides is 4. The zero-order chi connectivity index (χ0) is 25.7. The standard InChI is InChI=1S/C28H29N3O5/c1-4-19-11-13-21(14-12-19)29-26(32)17-25-27(33)31(22-8-6-10-24(16-22)36-3)28(34)30(25)18-20-7-5-9-23(15-20)35-2/h5-16,25H,4,17-18H2,1-3H3,(H,29,32)/t25-/m0/s1. The second-order valence-corrected chi connectivity index (χ2v) is 8.46. The van der Waals surface area contributed by atoms with Crippen molar-refractivity contribution in [2.45, 2.75) is 32.4 Å². The fourth-order valence-electron chi connectivity index (χ4n) is 4.18. The lowest BCUT2D eigenvalue weighted by molar-refractivity contribution is -0.124. The quantitative estimate of drug-likeness (QED) is 0.445. The van der Waals surface area contributed by atoms with Gasteiger partial charge in [0.05, 0.1) is 26.3 Å². The van der Waals surface area contributed by atoms with Gasteiger partial charge in [0.2, 0.25) is 5.91 Å². The fraction of sp³-hybridized carbons (Fsp3) is 0.250. The topological polar surface area (TPSA) is 88.2 Å². The van der Waals surface area contributed by atoms with E-state index in [1.807, 2.05) is 36.4 Å². The Morgan fingerprint density at radius 2 is 1.56 bits per heavy atom. The van der Waals surface area contributed by atoms with E-state index in [1.54, 1.807) is 43.5 Å². The summed E-state index contributed by atoms with van der Waals surface area (Å²) in [5.41, 5.74) is 2.96. The van der Waals surface area contributed by atoms with Crippen molar-refractivity contribution < 1.29 is 23.9 Å². The largest absolute Gasteiger partial charge is 0.497 e. The normalized spacial score (nSPS) is 15.2. The first-order valence-corrected chi connectivity index (χ1v) is 11.7. The maximum atomic E-state index is 13.5. The van der Waals surface area contributed by atoms with Crippen molar-refractivity contribution in [3.05, 3.63) is 83.9 Å². The molecule has 1 heterocycles. The second kappa shape index (κ2) is 10.9. The zero-order valence-corrected chi connectivity index (χ0v) is 20.6. The Balaban J connectivity index is 1.61. The molecule has 4 rings (SSSR count). The van der Waals surface area contributed by atoms with Gasteiger partial charge in [-0.2, -0.15) is 0 Å². The number of nitrogens with zero attached hydrogens (tertiary/aromatic N) is 2. The maximum absolute atomic E-state index is 13.5. The Labute approximate surface area is 210 Å². The van der Waals surface area contributed by atoms with E-state index < -0.39 is 18.0 Å². The zero-order valence-electron chi connectivity index (χ0n) is 20.6. The number of hydrogen-bond donors (Lipinski definition) is 1. The number of nitrogens with one attached hydrogen (secondary N) is 1. The number of imide groups is 1. The highest BCUT2D eigenvalue weighted by Crippen LogP contribution is 2.31. The smallest absolute Gasteiger partial charge is 0.332 e. The van der Waals surface area contributed by atoms with Gasteiger partial charge in [-0.1, -0.05) is 37.3 Å². The number of carbonyl (C=O) groups is 3. The Bertz CT molecular complexity index is 1260. The number of ether oxygens (including phenoxy) is 2. The molecule has 0 saturated carbocycles. The molecule has 3 aromatic rings. The van der Waals surface area contributed by atoms with Crippen molar-refractivity contribution in [3.8, 4) is 11.5 Å². The molecule has 186 valence electrons. The van der Waals surface area contributed by atoms with Gasteiger partial charge in [0.25, 0.3) is 5.91 Å². The molecule has 0 radical (unpaired) electrons. The molecule has 8 heteroatoms. The van der Waals surface area contributed by atoms with Gasteiger partial charge in [0.15, 0.2) is 0 Å².